The van der Waals surface area contributed by atoms with E-state index in [1.807, 2.05) is 23.5 Å². The summed E-state index contributed by atoms with van der Waals surface area (Å²) in [6.45, 7) is 0. The molecule has 0 bridgehead atoms. The summed E-state index contributed by atoms with van der Waals surface area (Å²) in [4.78, 5) is 10.7. The number of aromatic nitrogens is 2. The fourth-order valence-electron chi connectivity index (χ4n) is 2.64. The van der Waals surface area contributed by atoms with Gasteiger partial charge in [-0.25, -0.2) is 4.98 Å². The summed E-state index contributed by atoms with van der Waals surface area (Å²) in [5.74, 6) is 0.921. The van der Waals surface area contributed by atoms with Gasteiger partial charge in [0.2, 0.25) is 0 Å². The fraction of sp³-hybridized carbons (Fsp3) is 0.200. The Kier molecular flexibility index (Phi) is 2.23. The van der Waals surface area contributed by atoms with E-state index in [4.69, 9.17) is 5.26 Å². The zero-order valence-corrected chi connectivity index (χ0v) is 11.0. The molecule has 0 fully saturated rings. The van der Waals surface area contributed by atoms with Gasteiger partial charge in [-0.1, -0.05) is 0 Å². The van der Waals surface area contributed by atoms with Crippen LogP contribution in [0.3, 0.4) is 0 Å². The Hall–Kier alpha value is -2.12. The van der Waals surface area contributed by atoms with Crippen LogP contribution >= 0.6 is 11.3 Å². The maximum absolute atomic E-state index is 8.92. The third-order valence-electron chi connectivity index (χ3n) is 3.59. The minimum absolute atomic E-state index is 0.663. The topological polar surface area (TPSA) is 52.5 Å². The third kappa shape index (κ3) is 1.66. The van der Waals surface area contributed by atoms with Crippen LogP contribution in [0.2, 0.25) is 0 Å². The molecule has 3 aromatic rings. The molecule has 0 saturated carbocycles. The number of nitriles is 1. The van der Waals surface area contributed by atoms with Crippen molar-refractivity contribution in [2.24, 2.45) is 0 Å². The molecule has 4 rings (SSSR count). The number of nitrogens with zero attached hydrogens (tertiary/aromatic N) is 2. The Labute approximate surface area is 114 Å². The molecule has 1 aliphatic rings. The summed E-state index contributed by atoms with van der Waals surface area (Å²) < 4.78 is 0. The van der Waals surface area contributed by atoms with Gasteiger partial charge in [-0.15, -0.1) is 11.3 Å². The van der Waals surface area contributed by atoms with Crippen molar-refractivity contribution in [1.29, 1.82) is 5.26 Å². The van der Waals surface area contributed by atoms with Gasteiger partial charge in [-0.05, 0) is 49.1 Å². The lowest BCUT2D eigenvalue weighted by Crippen LogP contribution is -1.75. The van der Waals surface area contributed by atoms with Gasteiger partial charge in [-0.2, -0.15) is 5.26 Å². The number of aromatic amines is 1. The van der Waals surface area contributed by atoms with E-state index in [0.29, 0.717) is 5.56 Å². The van der Waals surface area contributed by atoms with Crippen molar-refractivity contribution in [1.82, 2.24) is 9.97 Å². The molecular weight excluding hydrogens is 254 g/mol. The van der Waals surface area contributed by atoms with E-state index in [-0.39, 0.29) is 0 Å². The van der Waals surface area contributed by atoms with Crippen LogP contribution in [-0.4, -0.2) is 9.97 Å². The number of thiophene rings is 1. The first-order chi connectivity index (χ1) is 9.33. The molecule has 1 aliphatic carbocycles. The molecule has 1 aromatic carbocycles. The van der Waals surface area contributed by atoms with Crippen LogP contribution in [-0.2, 0) is 12.8 Å². The molecule has 0 radical (unpaired) electrons. The summed E-state index contributed by atoms with van der Waals surface area (Å²) in [5, 5.41) is 8.92. The van der Waals surface area contributed by atoms with E-state index < -0.39 is 0 Å². The van der Waals surface area contributed by atoms with Crippen molar-refractivity contribution in [3.63, 3.8) is 0 Å². The predicted octanol–water partition coefficient (Wildman–Crippen LogP) is 3.65. The van der Waals surface area contributed by atoms with E-state index in [9.17, 15) is 0 Å². The molecule has 2 heterocycles. The molecule has 0 saturated heterocycles. The molecular formula is C15H11N3S. The van der Waals surface area contributed by atoms with Crippen LogP contribution in [0.25, 0.3) is 21.7 Å². The lowest BCUT2D eigenvalue weighted by Gasteiger charge is -1.89. The number of H-pyrrole nitrogens is 1. The highest BCUT2D eigenvalue weighted by molar-refractivity contribution is 7.15. The lowest BCUT2D eigenvalue weighted by molar-refractivity contribution is 0.915. The molecule has 0 spiro atoms. The molecule has 0 aliphatic heterocycles. The van der Waals surface area contributed by atoms with Gasteiger partial charge >= 0.3 is 0 Å². The lowest BCUT2D eigenvalue weighted by atomic mass is 10.2. The van der Waals surface area contributed by atoms with Crippen molar-refractivity contribution in [2.75, 3.05) is 0 Å². The number of imidazole rings is 1. The zero-order valence-electron chi connectivity index (χ0n) is 10.2. The molecule has 0 amide bonds. The van der Waals surface area contributed by atoms with Crippen LogP contribution < -0.4 is 0 Å². The summed E-state index contributed by atoms with van der Waals surface area (Å²) >= 11 is 1.84. The number of hydrogen-bond donors (Lipinski definition) is 1. The average molecular weight is 265 g/mol. The standard InChI is InChI=1S/C15H11N3S/c16-8-9-4-5-11-12(6-9)18-15(17-11)14-7-10-2-1-3-13(10)19-14/h4-7H,1-3H2,(H,17,18). The predicted molar refractivity (Wildman–Crippen MR) is 76.1 cm³/mol. The number of fused-ring (bicyclic) bond motifs is 2. The summed E-state index contributed by atoms with van der Waals surface area (Å²) in [6.07, 6.45) is 3.69. The molecule has 3 nitrogen and oxygen atoms in total. The van der Waals surface area contributed by atoms with Gasteiger partial charge in [0.1, 0.15) is 5.82 Å². The Morgan fingerprint density at radius 2 is 2.21 bits per heavy atom. The van der Waals surface area contributed by atoms with Crippen molar-refractivity contribution >= 4 is 22.4 Å². The average Bonchev–Trinajstić information content (AvgIpc) is 3.10. The highest BCUT2D eigenvalue weighted by Gasteiger charge is 2.17. The van der Waals surface area contributed by atoms with E-state index in [0.717, 1.165) is 16.9 Å². The van der Waals surface area contributed by atoms with Crippen LogP contribution in [0.15, 0.2) is 24.3 Å². The minimum Gasteiger partial charge on any atom is -0.337 e. The minimum atomic E-state index is 0.663. The van der Waals surface area contributed by atoms with E-state index in [1.165, 1.54) is 34.6 Å². The normalized spacial score (nSPS) is 13.6. The maximum Gasteiger partial charge on any atom is 0.148 e. The fourth-order valence-corrected chi connectivity index (χ4v) is 3.84. The Morgan fingerprint density at radius 3 is 3.05 bits per heavy atom. The van der Waals surface area contributed by atoms with Gasteiger partial charge in [0.15, 0.2) is 0 Å². The van der Waals surface area contributed by atoms with Gasteiger partial charge in [-0.3, -0.25) is 0 Å². The van der Waals surface area contributed by atoms with Gasteiger partial charge in [0, 0.05) is 4.88 Å². The number of hydrogen-bond acceptors (Lipinski definition) is 3. The van der Waals surface area contributed by atoms with Crippen LogP contribution in [0.4, 0.5) is 0 Å². The van der Waals surface area contributed by atoms with Crippen molar-refractivity contribution in [3.8, 4) is 16.8 Å². The van der Waals surface area contributed by atoms with Crippen molar-refractivity contribution < 1.29 is 0 Å². The number of nitrogens with one attached hydrogen (secondary N) is 1. The molecule has 4 heteroatoms. The molecule has 19 heavy (non-hydrogen) atoms. The molecule has 0 atom stereocenters. The first kappa shape index (κ1) is 10.8. The van der Waals surface area contributed by atoms with Gasteiger partial charge < -0.3 is 4.98 Å². The monoisotopic (exact) mass is 265 g/mol. The Bertz CT molecular complexity index is 798. The molecule has 0 unspecified atom stereocenters. The second-order valence-corrected chi connectivity index (χ2v) is 5.98. The summed E-state index contributed by atoms with van der Waals surface area (Å²) in [6, 6.07) is 9.97. The second-order valence-electron chi connectivity index (χ2n) is 4.84. The van der Waals surface area contributed by atoms with E-state index in [1.54, 1.807) is 6.07 Å². The smallest absolute Gasteiger partial charge is 0.148 e. The highest BCUT2D eigenvalue weighted by atomic mass is 32.1. The SMILES string of the molecule is N#Cc1ccc2nc(-c3cc4c(s3)CCC4)[nH]c2c1. The molecule has 2 aromatic heterocycles. The quantitative estimate of drug-likeness (QED) is 0.730. The van der Waals surface area contributed by atoms with Crippen molar-refractivity contribution in [3.05, 3.63) is 40.3 Å². The number of aryl methyl sites for hydroxylation is 2. The van der Waals surface area contributed by atoms with E-state index >= 15 is 0 Å². The summed E-state index contributed by atoms with van der Waals surface area (Å²) in [5.41, 5.74) is 4.00. The highest BCUT2D eigenvalue weighted by Crippen LogP contribution is 2.36. The van der Waals surface area contributed by atoms with Crippen LogP contribution in [0.1, 0.15) is 22.4 Å². The Balaban J connectivity index is 1.84. The van der Waals surface area contributed by atoms with Crippen molar-refractivity contribution in [2.45, 2.75) is 19.3 Å². The first-order valence-electron chi connectivity index (χ1n) is 6.35. The maximum atomic E-state index is 8.92. The zero-order chi connectivity index (χ0) is 12.8. The number of rotatable bonds is 1. The van der Waals surface area contributed by atoms with E-state index in [2.05, 4.69) is 22.1 Å². The summed E-state index contributed by atoms with van der Waals surface area (Å²) in [7, 11) is 0. The second kappa shape index (κ2) is 3.94. The van der Waals surface area contributed by atoms with Gasteiger partial charge in [0.25, 0.3) is 0 Å². The first-order valence-corrected chi connectivity index (χ1v) is 7.17. The largest absolute Gasteiger partial charge is 0.337 e. The van der Waals surface area contributed by atoms with Crippen LogP contribution in [0.5, 0.6) is 0 Å². The molecule has 1 N–H and O–H groups in total. The molecule has 92 valence electrons. The third-order valence-corrected chi connectivity index (χ3v) is 4.83. The Morgan fingerprint density at radius 1 is 1.26 bits per heavy atom. The van der Waals surface area contributed by atoms with Gasteiger partial charge in [0.05, 0.1) is 27.5 Å². The van der Waals surface area contributed by atoms with Crippen LogP contribution in [0, 0.1) is 11.3 Å². The number of benzene rings is 1.